The van der Waals surface area contributed by atoms with Gasteiger partial charge >= 0.3 is 0 Å². The van der Waals surface area contributed by atoms with Crippen molar-refractivity contribution in [3.63, 3.8) is 0 Å². The number of benzene rings is 1. The lowest BCUT2D eigenvalue weighted by molar-refractivity contribution is -0.137. The first-order valence-electron chi connectivity index (χ1n) is 12.1. The van der Waals surface area contributed by atoms with Crippen molar-refractivity contribution in [3.05, 3.63) is 41.2 Å². The maximum Gasteiger partial charge on any atom is 0.276 e. The summed E-state index contributed by atoms with van der Waals surface area (Å²) in [6.45, 7) is 0.714. The van der Waals surface area contributed by atoms with E-state index in [0.29, 0.717) is 24.2 Å². The number of hydrogen-bond acceptors (Lipinski definition) is 7. The average molecular weight is 492 g/mol. The molecular weight excluding hydrogens is 466 g/mol. The van der Waals surface area contributed by atoms with Gasteiger partial charge in [0.1, 0.15) is 6.04 Å². The van der Waals surface area contributed by atoms with Gasteiger partial charge in [-0.25, -0.2) is 4.68 Å². The van der Waals surface area contributed by atoms with E-state index < -0.39 is 11.9 Å². The predicted octanol–water partition coefficient (Wildman–Crippen LogP) is -0.0869. The molecule has 5 amide bonds. The fourth-order valence-corrected chi connectivity index (χ4v) is 5.78. The molecule has 1 aromatic carbocycles. The van der Waals surface area contributed by atoms with Crippen molar-refractivity contribution < 1.29 is 24.0 Å². The third-order valence-corrected chi connectivity index (χ3v) is 7.57. The van der Waals surface area contributed by atoms with E-state index in [9.17, 15) is 24.0 Å². The van der Waals surface area contributed by atoms with E-state index in [2.05, 4.69) is 20.9 Å². The normalized spacial score (nSPS) is 23.2. The summed E-state index contributed by atoms with van der Waals surface area (Å²) in [5.74, 6) is -1.61. The maximum atomic E-state index is 13.1. The highest BCUT2D eigenvalue weighted by molar-refractivity contribution is 6.05. The van der Waals surface area contributed by atoms with Crippen molar-refractivity contribution in [2.75, 3.05) is 13.1 Å². The maximum absolute atomic E-state index is 13.1. The van der Waals surface area contributed by atoms with Crippen molar-refractivity contribution >= 4 is 29.5 Å². The summed E-state index contributed by atoms with van der Waals surface area (Å²) in [6.07, 6.45) is 5.74. The Morgan fingerprint density at radius 2 is 1.86 bits per heavy atom. The number of nitrogens with one attached hydrogen (secondary N) is 2. The Labute approximate surface area is 206 Å². The molecule has 6 rings (SSSR count). The molecule has 36 heavy (non-hydrogen) atoms. The Hall–Kier alpha value is -4.09. The molecule has 1 unspecified atom stereocenters. The van der Waals surface area contributed by atoms with Gasteiger partial charge in [-0.2, -0.15) is 0 Å². The number of nitrogens with zero attached hydrogens (tertiary/aromatic N) is 5. The zero-order chi connectivity index (χ0) is 25.0. The van der Waals surface area contributed by atoms with Crippen molar-refractivity contribution in [3.8, 4) is 5.69 Å². The third-order valence-electron chi connectivity index (χ3n) is 7.57. The van der Waals surface area contributed by atoms with Crippen LogP contribution in [-0.4, -0.2) is 79.0 Å². The zero-order valence-corrected chi connectivity index (χ0v) is 19.5. The van der Waals surface area contributed by atoms with Crippen molar-refractivity contribution in [1.82, 2.24) is 35.4 Å². The average Bonchev–Trinajstić information content (AvgIpc) is 3.58. The van der Waals surface area contributed by atoms with Crippen LogP contribution >= 0.6 is 0 Å². The Kier molecular flexibility index (Phi) is 5.13. The van der Waals surface area contributed by atoms with Crippen LogP contribution in [0.5, 0.6) is 0 Å². The van der Waals surface area contributed by atoms with Crippen LogP contribution < -0.4 is 10.6 Å². The van der Waals surface area contributed by atoms with E-state index in [4.69, 9.17) is 0 Å². The second-order valence-electron chi connectivity index (χ2n) is 9.99. The molecule has 0 radical (unpaired) electrons. The minimum Gasteiger partial charge on any atom is -0.347 e. The van der Waals surface area contributed by atoms with Crippen LogP contribution in [0.3, 0.4) is 0 Å². The molecule has 2 saturated heterocycles. The summed E-state index contributed by atoms with van der Waals surface area (Å²) >= 11 is 0. The summed E-state index contributed by atoms with van der Waals surface area (Å²) in [6, 6.07) is 4.53. The molecule has 4 aliphatic rings. The Morgan fingerprint density at radius 1 is 1.06 bits per heavy atom. The first-order valence-corrected chi connectivity index (χ1v) is 12.1. The van der Waals surface area contributed by atoms with Gasteiger partial charge in [-0.3, -0.25) is 29.3 Å². The van der Waals surface area contributed by atoms with Crippen LogP contribution in [0.25, 0.3) is 5.69 Å². The summed E-state index contributed by atoms with van der Waals surface area (Å²) in [5, 5.41) is 13.5. The molecule has 1 aliphatic carbocycles. The molecule has 2 aromatic rings. The monoisotopic (exact) mass is 491 g/mol. The van der Waals surface area contributed by atoms with E-state index in [1.807, 2.05) is 0 Å². The van der Waals surface area contributed by atoms with E-state index in [1.165, 1.54) is 20.7 Å². The molecule has 186 valence electrons. The van der Waals surface area contributed by atoms with Crippen LogP contribution in [0.1, 0.15) is 64.9 Å². The lowest BCUT2D eigenvalue weighted by Gasteiger charge is -2.40. The SMILES string of the molecule is O=C1CCC(N2Cc3ccc(-n4cc(C(=O)N5CC(=O)NC6(CCCC6)C5)nn4)cc3C2=O)C(=O)N1. The van der Waals surface area contributed by atoms with Crippen LogP contribution in [0.2, 0.25) is 0 Å². The second kappa shape index (κ2) is 8.25. The van der Waals surface area contributed by atoms with Gasteiger partial charge in [0.05, 0.1) is 24.0 Å². The number of piperazine rings is 1. The highest BCUT2D eigenvalue weighted by Gasteiger charge is 2.43. The first kappa shape index (κ1) is 22.4. The molecular formula is C24H25N7O5. The Balaban J connectivity index is 1.20. The molecule has 4 heterocycles. The van der Waals surface area contributed by atoms with Crippen LogP contribution in [-0.2, 0) is 20.9 Å². The number of rotatable bonds is 3. The lowest BCUT2D eigenvalue weighted by atomic mass is 9.94. The van der Waals surface area contributed by atoms with E-state index >= 15 is 0 Å². The van der Waals surface area contributed by atoms with E-state index in [-0.39, 0.29) is 54.4 Å². The minimum atomic E-state index is -0.688. The van der Waals surface area contributed by atoms with Crippen LogP contribution in [0.4, 0.5) is 0 Å². The second-order valence-corrected chi connectivity index (χ2v) is 9.99. The Bertz CT molecular complexity index is 1310. The first-order chi connectivity index (χ1) is 17.3. The summed E-state index contributed by atoms with van der Waals surface area (Å²) < 4.78 is 1.42. The number of carbonyl (C=O) groups excluding carboxylic acids is 5. The summed E-state index contributed by atoms with van der Waals surface area (Å²) in [7, 11) is 0. The van der Waals surface area contributed by atoms with Gasteiger partial charge in [-0.15, -0.1) is 5.10 Å². The highest BCUT2D eigenvalue weighted by Crippen LogP contribution is 2.33. The largest absolute Gasteiger partial charge is 0.347 e. The highest BCUT2D eigenvalue weighted by atomic mass is 16.2. The standard InChI is InChI=1S/C24H25N7O5/c32-19-6-5-18(21(34)25-19)30-10-14-3-4-15(9-16(14)22(30)35)31-11-17(27-28-31)23(36)29-12-20(33)26-24(13-29)7-1-2-8-24/h3-4,9,11,18H,1-2,5-8,10,12-13H2,(H,26,33)(H,25,32,34). The van der Waals surface area contributed by atoms with Gasteiger partial charge in [-0.05, 0) is 37.0 Å². The van der Waals surface area contributed by atoms with E-state index in [0.717, 1.165) is 31.2 Å². The van der Waals surface area contributed by atoms with Crippen LogP contribution in [0.15, 0.2) is 24.4 Å². The molecule has 1 saturated carbocycles. The van der Waals surface area contributed by atoms with Gasteiger partial charge in [0.2, 0.25) is 17.7 Å². The fraction of sp³-hybridized carbons (Fsp3) is 0.458. The van der Waals surface area contributed by atoms with Gasteiger partial charge in [0, 0.05) is 25.1 Å². The fourth-order valence-electron chi connectivity index (χ4n) is 5.78. The third kappa shape index (κ3) is 3.73. The number of hydrogen-bond donors (Lipinski definition) is 2. The molecule has 1 aromatic heterocycles. The van der Waals surface area contributed by atoms with Gasteiger partial charge < -0.3 is 15.1 Å². The number of piperidine rings is 1. The minimum absolute atomic E-state index is 0.0169. The van der Waals surface area contributed by atoms with E-state index in [1.54, 1.807) is 18.2 Å². The van der Waals surface area contributed by atoms with Gasteiger partial charge in [0.15, 0.2) is 5.69 Å². The number of carbonyl (C=O) groups is 5. The molecule has 3 fully saturated rings. The molecule has 3 aliphatic heterocycles. The van der Waals surface area contributed by atoms with Crippen molar-refractivity contribution in [1.29, 1.82) is 0 Å². The summed E-state index contributed by atoms with van der Waals surface area (Å²) in [4.78, 5) is 65.3. The molecule has 12 heteroatoms. The molecule has 1 atom stereocenters. The smallest absolute Gasteiger partial charge is 0.276 e. The van der Waals surface area contributed by atoms with Crippen molar-refractivity contribution in [2.24, 2.45) is 0 Å². The van der Waals surface area contributed by atoms with Crippen molar-refractivity contribution in [2.45, 2.75) is 56.7 Å². The Morgan fingerprint density at radius 3 is 2.64 bits per heavy atom. The van der Waals surface area contributed by atoms with Gasteiger partial charge in [0.25, 0.3) is 11.8 Å². The topological polar surface area (TPSA) is 147 Å². The number of aromatic nitrogens is 3. The number of fused-ring (bicyclic) bond motifs is 1. The zero-order valence-electron chi connectivity index (χ0n) is 19.5. The van der Waals surface area contributed by atoms with Gasteiger partial charge in [-0.1, -0.05) is 24.1 Å². The summed E-state index contributed by atoms with van der Waals surface area (Å²) in [5.41, 5.74) is 1.52. The molecule has 1 spiro atoms. The predicted molar refractivity (Wildman–Crippen MR) is 123 cm³/mol. The number of amides is 5. The molecule has 0 bridgehead atoms. The molecule has 12 nitrogen and oxygen atoms in total. The quantitative estimate of drug-likeness (QED) is 0.571. The number of imide groups is 1. The molecule has 2 N–H and O–H groups in total. The lowest BCUT2D eigenvalue weighted by Crippen LogP contribution is -2.62. The van der Waals surface area contributed by atoms with Crippen LogP contribution in [0, 0.1) is 0 Å².